The lowest BCUT2D eigenvalue weighted by molar-refractivity contribution is 0.415. The quantitative estimate of drug-likeness (QED) is 0.740. The Morgan fingerprint density at radius 2 is 2.05 bits per heavy atom. The van der Waals surface area contributed by atoms with Gasteiger partial charge in [0.15, 0.2) is 11.6 Å². The lowest BCUT2D eigenvalue weighted by Gasteiger charge is -2.14. The van der Waals surface area contributed by atoms with Gasteiger partial charge in [-0.1, -0.05) is 11.6 Å². The molecule has 0 radical (unpaired) electrons. The number of nitrogens with one attached hydrogen (secondary N) is 2. The highest BCUT2D eigenvalue weighted by molar-refractivity contribution is 14.1. The van der Waals surface area contributed by atoms with E-state index in [1.54, 1.807) is 7.11 Å². The van der Waals surface area contributed by atoms with Crippen LogP contribution >= 0.6 is 34.2 Å². The van der Waals surface area contributed by atoms with Crippen molar-refractivity contribution in [2.45, 2.75) is 6.92 Å². The lowest BCUT2D eigenvalue weighted by Crippen LogP contribution is -2.06. The Kier molecular flexibility index (Phi) is 5.24. The van der Waals surface area contributed by atoms with Crippen LogP contribution in [0.2, 0.25) is 5.02 Å². The number of rotatable bonds is 5. The third-order valence-corrected chi connectivity index (χ3v) is 3.52. The standard InChI is InChI=1S/C13H14ClIN4O/c1-3-16-12-11(20-2)13(18-7-17-12)19-10-5-4-8(15)6-9(10)14/h4-7H,3H2,1-2H3,(H2,16,17,18,19). The monoisotopic (exact) mass is 404 g/mol. The number of hydrogen-bond donors (Lipinski definition) is 2. The minimum Gasteiger partial charge on any atom is -0.490 e. The highest BCUT2D eigenvalue weighted by Crippen LogP contribution is 2.33. The minimum atomic E-state index is 0.559. The van der Waals surface area contributed by atoms with Crippen molar-refractivity contribution in [3.05, 3.63) is 33.1 Å². The fourth-order valence-electron chi connectivity index (χ4n) is 1.67. The van der Waals surface area contributed by atoms with Gasteiger partial charge in [-0.15, -0.1) is 0 Å². The van der Waals surface area contributed by atoms with Gasteiger partial charge in [0.2, 0.25) is 5.75 Å². The molecule has 5 nitrogen and oxygen atoms in total. The van der Waals surface area contributed by atoms with Gasteiger partial charge in [0.25, 0.3) is 0 Å². The first-order valence-corrected chi connectivity index (χ1v) is 7.46. The summed E-state index contributed by atoms with van der Waals surface area (Å²) in [4.78, 5) is 8.36. The van der Waals surface area contributed by atoms with E-state index in [4.69, 9.17) is 16.3 Å². The maximum Gasteiger partial charge on any atom is 0.204 e. The van der Waals surface area contributed by atoms with E-state index in [0.717, 1.165) is 15.8 Å². The van der Waals surface area contributed by atoms with Gasteiger partial charge in [-0.2, -0.15) is 0 Å². The smallest absolute Gasteiger partial charge is 0.204 e. The van der Waals surface area contributed by atoms with Gasteiger partial charge in [0.05, 0.1) is 17.8 Å². The van der Waals surface area contributed by atoms with Gasteiger partial charge in [-0.25, -0.2) is 9.97 Å². The summed E-state index contributed by atoms with van der Waals surface area (Å²) in [5.41, 5.74) is 0.770. The number of ether oxygens (including phenoxy) is 1. The Balaban J connectivity index is 2.35. The molecule has 0 amide bonds. The van der Waals surface area contributed by atoms with Crippen molar-refractivity contribution >= 4 is 51.5 Å². The van der Waals surface area contributed by atoms with Crippen LogP contribution in [0.25, 0.3) is 0 Å². The third-order valence-electron chi connectivity index (χ3n) is 2.54. The number of nitrogens with zero attached hydrogens (tertiary/aromatic N) is 2. The van der Waals surface area contributed by atoms with Gasteiger partial charge >= 0.3 is 0 Å². The predicted octanol–water partition coefficient (Wildman–Crippen LogP) is 3.92. The molecule has 0 spiro atoms. The molecule has 2 aromatic rings. The van der Waals surface area contributed by atoms with Gasteiger partial charge < -0.3 is 15.4 Å². The van der Waals surface area contributed by atoms with E-state index in [9.17, 15) is 0 Å². The van der Waals surface area contributed by atoms with Crippen molar-refractivity contribution in [3.8, 4) is 5.75 Å². The summed E-state index contributed by atoms with van der Waals surface area (Å²) in [5, 5.41) is 6.92. The molecule has 0 bridgehead atoms. The van der Waals surface area contributed by atoms with Crippen molar-refractivity contribution < 1.29 is 4.74 Å². The first-order chi connectivity index (χ1) is 9.65. The van der Waals surface area contributed by atoms with Crippen LogP contribution in [0, 0.1) is 3.57 Å². The number of aromatic nitrogens is 2. The Bertz CT molecular complexity index is 609. The molecule has 0 aliphatic heterocycles. The van der Waals surface area contributed by atoms with E-state index in [1.165, 1.54) is 6.33 Å². The molecule has 1 heterocycles. The number of methoxy groups -OCH3 is 1. The van der Waals surface area contributed by atoms with Crippen LogP contribution < -0.4 is 15.4 Å². The van der Waals surface area contributed by atoms with Crippen molar-refractivity contribution in [1.29, 1.82) is 0 Å². The van der Waals surface area contributed by atoms with E-state index in [-0.39, 0.29) is 0 Å². The fraction of sp³-hybridized carbons (Fsp3) is 0.231. The van der Waals surface area contributed by atoms with Gasteiger partial charge in [0.1, 0.15) is 6.33 Å². The molecular weight excluding hydrogens is 391 g/mol. The third kappa shape index (κ3) is 3.43. The summed E-state index contributed by atoms with van der Waals surface area (Å²) < 4.78 is 6.44. The van der Waals surface area contributed by atoms with Crippen LogP contribution in [0.3, 0.4) is 0 Å². The molecule has 0 aliphatic carbocycles. The van der Waals surface area contributed by atoms with Crippen LogP contribution in [0.5, 0.6) is 5.75 Å². The topological polar surface area (TPSA) is 59.1 Å². The summed E-state index contributed by atoms with van der Waals surface area (Å²) in [6, 6.07) is 5.75. The highest BCUT2D eigenvalue weighted by Gasteiger charge is 2.12. The molecule has 20 heavy (non-hydrogen) atoms. The Morgan fingerprint density at radius 1 is 1.30 bits per heavy atom. The largest absolute Gasteiger partial charge is 0.490 e. The average Bonchev–Trinajstić information content (AvgIpc) is 2.42. The zero-order valence-corrected chi connectivity index (χ0v) is 14.0. The summed E-state index contributed by atoms with van der Waals surface area (Å²) >= 11 is 8.42. The molecule has 0 unspecified atom stereocenters. The van der Waals surface area contributed by atoms with Crippen LogP contribution in [-0.4, -0.2) is 23.6 Å². The second kappa shape index (κ2) is 6.94. The summed E-state index contributed by atoms with van der Waals surface area (Å²) in [5.74, 6) is 1.78. The predicted molar refractivity (Wildman–Crippen MR) is 90.2 cm³/mol. The zero-order chi connectivity index (χ0) is 14.5. The molecule has 1 aromatic carbocycles. The minimum absolute atomic E-state index is 0.559. The molecule has 106 valence electrons. The van der Waals surface area contributed by atoms with Crippen LogP contribution in [0.4, 0.5) is 17.3 Å². The molecule has 0 aliphatic rings. The van der Waals surface area contributed by atoms with Gasteiger partial charge in [-0.05, 0) is 47.7 Å². The van der Waals surface area contributed by atoms with E-state index in [1.807, 2.05) is 25.1 Å². The molecular formula is C13H14ClIN4O. The molecule has 2 N–H and O–H groups in total. The summed E-state index contributed by atoms with van der Waals surface area (Å²) in [7, 11) is 1.58. The molecule has 7 heteroatoms. The van der Waals surface area contributed by atoms with E-state index < -0.39 is 0 Å². The average molecular weight is 405 g/mol. The van der Waals surface area contributed by atoms with Crippen molar-refractivity contribution in [1.82, 2.24) is 9.97 Å². The van der Waals surface area contributed by atoms with Crippen molar-refractivity contribution in [2.75, 3.05) is 24.3 Å². The van der Waals surface area contributed by atoms with Gasteiger partial charge in [-0.3, -0.25) is 0 Å². The van der Waals surface area contributed by atoms with Crippen LogP contribution in [-0.2, 0) is 0 Å². The number of anilines is 3. The maximum atomic E-state index is 6.21. The first-order valence-electron chi connectivity index (χ1n) is 6.00. The van der Waals surface area contributed by atoms with E-state index in [0.29, 0.717) is 22.4 Å². The number of hydrogen-bond acceptors (Lipinski definition) is 5. The number of halogens is 2. The first kappa shape index (κ1) is 15.1. The zero-order valence-electron chi connectivity index (χ0n) is 11.1. The molecule has 0 saturated carbocycles. The normalized spacial score (nSPS) is 10.2. The second-order valence-electron chi connectivity index (χ2n) is 3.88. The van der Waals surface area contributed by atoms with E-state index in [2.05, 4.69) is 43.2 Å². The molecule has 0 atom stereocenters. The molecule has 2 rings (SSSR count). The molecule has 0 fully saturated rings. The molecule has 0 saturated heterocycles. The van der Waals surface area contributed by atoms with Crippen LogP contribution in [0.1, 0.15) is 6.92 Å². The maximum absolute atomic E-state index is 6.21. The molecule has 1 aromatic heterocycles. The fourth-order valence-corrected chi connectivity index (χ4v) is 2.57. The Morgan fingerprint density at radius 3 is 2.70 bits per heavy atom. The summed E-state index contributed by atoms with van der Waals surface area (Å²) in [6.45, 7) is 2.74. The van der Waals surface area contributed by atoms with E-state index >= 15 is 0 Å². The number of benzene rings is 1. The Hall–Kier alpha value is -1.28. The highest BCUT2D eigenvalue weighted by atomic mass is 127. The second-order valence-corrected chi connectivity index (χ2v) is 5.54. The Labute approximate surface area is 136 Å². The van der Waals surface area contributed by atoms with Crippen molar-refractivity contribution in [2.24, 2.45) is 0 Å². The summed E-state index contributed by atoms with van der Waals surface area (Å²) in [6.07, 6.45) is 1.48. The van der Waals surface area contributed by atoms with Crippen LogP contribution in [0.15, 0.2) is 24.5 Å². The van der Waals surface area contributed by atoms with Gasteiger partial charge in [0, 0.05) is 10.1 Å². The van der Waals surface area contributed by atoms with Crippen molar-refractivity contribution in [3.63, 3.8) is 0 Å². The SMILES string of the molecule is CCNc1ncnc(Nc2ccc(I)cc2Cl)c1OC. The lowest BCUT2D eigenvalue weighted by atomic mass is 10.3.